The second-order valence-electron chi connectivity index (χ2n) is 8.29. The number of anilines is 1. The van der Waals surface area contributed by atoms with Crippen molar-refractivity contribution in [1.82, 2.24) is 14.9 Å². The summed E-state index contributed by atoms with van der Waals surface area (Å²) in [5.41, 5.74) is 0.977. The van der Waals surface area contributed by atoms with Gasteiger partial charge in [0.1, 0.15) is 11.5 Å². The highest BCUT2D eigenvalue weighted by Gasteiger charge is 2.23. The van der Waals surface area contributed by atoms with Gasteiger partial charge in [-0.15, -0.1) is 0 Å². The van der Waals surface area contributed by atoms with Gasteiger partial charge in [0, 0.05) is 23.7 Å². The predicted molar refractivity (Wildman–Crippen MR) is 125 cm³/mol. The summed E-state index contributed by atoms with van der Waals surface area (Å²) in [7, 11) is 0.228. The maximum absolute atomic E-state index is 14.9. The van der Waals surface area contributed by atoms with E-state index < -0.39 is 38.7 Å². The number of aromatic nitrogens is 2. The molecule has 0 fully saturated rings. The first kappa shape index (κ1) is 24.8. The Kier molecular flexibility index (Phi) is 7.80. The van der Waals surface area contributed by atoms with E-state index in [0.717, 1.165) is 42.6 Å². The molecule has 2 heterocycles. The lowest BCUT2D eigenvalue weighted by atomic mass is 10.0. The van der Waals surface area contributed by atoms with Crippen LogP contribution in [-0.4, -0.2) is 55.5 Å². The summed E-state index contributed by atoms with van der Waals surface area (Å²) < 4.78 is 55.2. The molecule has 3 rings (SSSR count). The number of ketones is 1. The number of halogens is 2. The molecule has 0 aliphatic carbocycles. The van der Waals surface area contributed by atoms with Gasteiger partial charge in [-0.3, -0.25) is 9.52 Å². The van der Waals surface area contributed by atoms with Gasteiger partial charge in [0.2, 0.25) is 10.0 Å². The van der Waals surface area contributed by atoms with Gasteiger partial charge >= 0.3 is 0 Å². The van der Waals surface area contributed by atoms with Crippen molar-refractivity contribution < 1.29 is 22.0 Å². The number of benzene rings is 1. The molecule has 3 aromatic rings. The quantitative estimate of drug-likeness (QED) is 0.408. The van der Waals surface area contributed by atoms with Crippen LogP contribution in [0.5, 0.6) is 0 Å². The SMILES string of the molecule is CCCS(=O)(=O)Nc1ccc(F)c(C(=O)Cc2cnc3[nH]c(CCCN(C)C)cc3c2)c1F. The summed E-state index contributed by atoms with van der Waals surface area (Å²) in [6, 6.07) is 5.57. The molecular formula is C23H28F2N4O3S. The van der Waals surface area contributed by atoms with E-state index in [9.17, 15) is 22.0 Å². The average molecular weight is 479 g/mol. The van der Waals surface area contributed by atoms with Crippen molar-refractivity contribution in [1.29, 1.82) is 0 Å². The van der Waals surface area contributed by atoms with Crippen molar-refractivity contribution in [2.45, 2.75) is 32.6 Å². The van der Waals surface area contributed by atoms with E-state index in [4.69, 9.17) is 0 Å². The van der Waals surface area contributed by atoms with Crippen LogP contribution in [0.4, 0.5) is 14.5 Å². The second kappa shape index (κ2) is 10.4. The molecule has 0 aliphatic rings. The molecule has 2 N–H and O–H groups in total. The summed E-state index contributed by atoms with van der Waals surface area (Å²) in [4.78, 5) is 22.4. The summed E-state index contributed by atoms with van der Waals surface area (Å²) in [5.74, 6) is -3.29. The number of hydrogen-bond acceptors (Lipinski definition) is 5. The molecule has 0 saturated carbocycles. The van der Waals surface area contributed by atoms with Gasteiger partial charge in [-0.1, -0.05) is 6.92 Å². The third kappa shape index (κ3) is 6.35. The second-order valence-corrected chi connectivity index (χ2v) is 10.1. The van der Waals surface area contributed by atoms with Crippen molar-refractivity contribution in [2.24, 2.45) is 0 Å². The Morgan fingerprint density at radius 2 is 1.97 bits per heavy atom. The van der Waals surface area contributed by atoms with Gasteiger partial charge in [0.05, 0.1) is 17.0 Å². The number of carbonyl (C=O) groups excluding carboxylic acids is 1. The first-order chi connectivity index (χ1) is 15.6. The van der Waals surface area contributed by atoms with Crippen LogP contribution in [0.15, 0.2) is 30.5 Å². The highest BCUT2D eigenvalue weighted by molar-refractivity contribution is 7.92. The van der Waals surface area contributed by atoms with E-state index in [1.165, 1.54) is 6.20 Å². The van der Waals surface area contributed by atoms with E-state index in [1.54, 1.807) is 13.0 Å². The first-order valence-electron chi connectivity index (χ1n) is 10.7. The Morgan fingerprint density at radius 3 is 2.67 bits per heavy atom. The molecule has 0 amide bonds. The van der Waals surface area contributed by atoms with E-state index in [-0.39, 0.29) is 12.2 Å². The molecular weight excluding hydrogens is 450 g/mol. The molecule has 0 spiro atoms. The Morgan fingerprint density at radius 1 is 1.21 bits per heavy atom. The number of carbonyl (C=O) groups is 1. The van der Waals surface area contributed by atoms with Crippen molar-refractivity contribution in [3.8, 4) is 0 Å². The van der Waals surface area contributed by atoms with Crippen molar-refractivity contribution in [3.63, 3.8) is 0 Å². The van der Waals surface area contributed by atoms with Gasteiger partial charge in [-0.25, -0.2) is 22.2 Å². The third-order valence-corrected chi connectivity index (χ3v) is 6.58. The Balaban J connectivity index is 1.79. The highest BCUT2D eigenvalue weighted by atomic mass is 32.2. The van der Waals surface area contributed by atoms with Crippen LogP contribution >= 0.6 is 0 Å². The molecule has 1 aromatic carbocycles. The number of aryl methyl sites for hydroxylation is 1. The van der Waals surface area contributed by atoms with E-state index in [0.29, 0.717) is 17.6 Å². The van der Waals surface area contributed by atoms with Crippen LogP contribution in [0.1, 0.15) is 41.4 Å². The minimum absolute atomic E-state index is 0.216. The average Bonchev–Trinajstić information content (AvgIpc) is 3.12. The van der Waals surface area contributed by atoms with Crippen LogP contribution in [-0.2, 0) is 22.9 Å². The van der Waals surface area contributed by atoms with E-state index >= 15 is 0 Å². The molecule has 0 atom stereocenters. The smallest absolute Gasteiger partial charge is 0.232 e. The number of Topliss-reactive ketones (excluding diaryl/α,β-unsaturated/α-hetero) is 1. The fourth-order valence-electron chi connectivity index (χ4n) is 3.58. The molecule has 0 unspecified atom stereocenters. The molecule has 0 radical (unpaired) electrons. The zero-order chi connectivity index (χ0) is 24.2. The van der Waals surface area contributed by atoms with Crippen molar-refractivity contribution in [2.75, 3.05) is 31.1 Å². The lowest BCUT2D eigenvalue weighted by molar-refractivity contribution is 0.0985. The largest absolute Gasteiger partial charge is 0.343 e. The molecule has 10 heteroatoms. The Labute approximate surface area is 192 Å². The van der Waals surface area contributed by atoms with Gasteiger partial charge in [-0.05, 0) is 69.7 Å². The summed E-state index contributed by atoms with van der Waals surface area (Å²) in [6.45, 7) is 2.62. The summed E-state index contributed by atoms with van der Waals surface area (Å²) >= 11 is 0. The Bertz CT molecular complexity index is 1260. The van der Waals surface area contributed by atoms with Crippen LogP contribution in [0, 0.1) is 11.6 Å². The van der Waals surface area contributed by atoms with E-state index in [2.05, 4.69) is 19.6 Å². The number of pyridine rings is 1. The van der Waals surface area contributed by atoms with Gasteiger partial charge in [0.25, 0.3) is 0 Å². The topological polar surface area (TPSA) is 95.2 Å². The normalized spacial score (nSPS) is 11.9. The fourth-order valence-corrected chi connectivity index (χ4v) is 4.72. The van der Waals surface area contributed by atoms with Crippen molar-refractivity contribution in [3.05, 3.63) is 58.9 Å². The summed E-state index contributed by atoms with van der Waals surface area (Å²) in [5, 5.41) is 0.808. The minimum atomic E-state index is -3.79. The van der Waals surface area contributed by atoms with Crippen molar-refractivity contribution >= 4 is 32.5 Å². The minimum Gasteiger partial charge on any atom is -0.343 e. The molecule has 33 heavy (non-hydrogen) atoms. The number of fused-ring (bicyclic) bond motifs is 1. The molecule has 2 aromatic heterocycles. The van der Waals surface area contributed by atoms with Crippen LogP contribution in [0.2, 0.25) is 0 Å². The van der Waals surface area contributed by atoms with Crippen LogP contribution in [0.3, 0.4) is 0 Å². The molecule has 0 saturated heterocycles. The number of sulfonamides is 1. The lowest BCUT2D eigenvalue weighted by Crippen LogP contribution is -2.19. The van der Waals surface area contributed by atoms with Crippen LogP contribution < -0.4 is 4.72 Å². The number of H-pyrrole nitrogens is 1. The summed E-state index contributed by atoms with van der Waals surface area (Å²) in [6.07, 6.45) is 3.37. The standard InChI is InChI=1S/C23H28F2N4O3S/c1-4-10-33(31,32)28-19-8-7-18(24)21(22(19)25)20(30)12-15-11-16-13-17(6-5-9-29(2)3)27-23(16)26-14-15/h7-8,11,13-14,28H,4-6,9-10,12H2,1-3H3,(H,26,27). The number of nitrogens with one attached hydrogen (secondary N) is 2. The zero-order valence-corrected chi connectivity index (χ0v) is 19.7. The number of rotatable bonds is 11. The van der Waals surface area contributed by atoms with E-state index in [1.807, 2.05) is 20.2 Å². The molecule has 7 nitrogen and oxygen atoms in total. The number of aromatic amines is 1. The van der Waals surface area contributed by atoms with Gasteiger partial charge in [0.15, 0.2) is 11.6 Å². The lowest BCUT2D eigenvalue weighted by Gasteiger charge is -2.11. The first-order valence-corrected chi connectivity index (χ1v) is 12.4. The maximum atomic E-state index is 14.9. The van der Waals surface area contributed by atoms with Gasteiger partial charge < -0.3 is 9.88 Å². The fraction of sp³-hybridized carbons (Fsp3) is 0.391. The van der Waals surface area contributed by atoms with Crippen LogP contribution in [0.25, 0.3) is 11.0 Å². The maximum Gasteiger partial charge on any atom is 0.232 e. The zero-order valence-electron chi connectivity index (χ0n) is 18.9. The number of hydrogen-bond donors (Lipinski definition) is 2. The number of nitrogens with zero attached hydrogens (tertiary/aromatic N) is 2. The highest BCUT2D eigenvalue weighted by Crippen LogP contribution is 2.25. The van der Waals surface area contributed by atoms with Gasteiger partial charge in [-0.2, -0.15) is 0 Å². The molecule has 0 aliphatic heterocycles. The predicted octanol–water partition coefficient (Wildman–Crippen LogP) is 3.91. The third-order valence-electron chi connectivity index (χ3n) is 5.11. The molecule has 178 valence electrons. The molecule has 0 bridgehead atoms. The monoisotopic (exact) mass is 478 g/mol. The Hall–Kier alpha value is -2.85.